The zero-order valence-corrected chi connectivity index (χ0v) is 15.8. The fourth-order valence-electron chi connectivity index (χ4n) is 2.59. The van der Waals surface area contributed by atoms with Gasteiger partial charge in [0.15, 0.2) is 5.78 Å². The average Bonchev–Trinajstić information content (AvgIpc) is 2.63. The van der Waals surface area contributed by atoms with E-state index in [0.29, 0.717) is 0 Å². The number of Topliss-reactive ketones (excluding diaryl/α,β-unsaturated/α-hetero) is 1. The van der Waals surface area contributed by atoms with Crippen molar-refractivity contribution in [3.63, 3.8) is 0 Å². The van der Waals surface area contributed by atoms with Gasteiger partial charge in [0, 0.05) is 53.0 Å². The molecule has 2 aromatic heterocycles. The molecule has 2 aromatic rings. The van der Waals surface area contributed by atoms with Gasteiger partial charge in [-0.05, 0) is 47.8 Å². The predicted molar refractivity (Wildman–Crippen MR) is 105 cm³/mol. The van der Waals surface area contributed by atoms with Gasteiger partial charge in [-0.25, -0.2) is 0 Å². The molecule has 0 N–H and O–H groups in total. The molecular weight excluding hydrogens is 324 g/mol. The van der Waals surface area contributed by atoms with Crippen LogP contribution in [-0.2, 0) is 4.79 Å². The molecule has 5 heteroatoms. The highest BCUT2D eigenvalue weighted by atomic mass is 16.1. The van der Waals surface area contributed by atoms with Gasteiger partial charge in [-0.15, -0.1) is 0 Å². The summed E-state index contributed by atoms with van der Waals surface area (Å²) in [6, 6.07) is 7.56. The third-order valence-corrected chi connectivity index (χ3v) is 3.90. The molecule has 0 radical (unpaired) electrons. The van der Waals surface area contributed by atoms with Gasteiger partial charge in [0.2, 0.25) is 0 Å². The van der Waals surface area contributed by atoms with Crippen LogP contribution in [0.3, 0.4) is 0 Å². The number of carbonyl (C=O) groups excluding carboxylic acids is 1. The lowest BCUT2D eigenvalue weighted by Gasteiger charge is -2.20. The summed E-state index contributed by atoms with van der Waals surface area (Å²) >= 11 is 0. The second-order valence-electron chi connectivity index (χ2n) is 6.53. The first-order chi connectivity index (χ1) is 12.5. The van der Waals surface area contributed by atoms with Gasteiger partial charge >= 0.3 is 0 Å². The molecule has 0 amide bonds. The average molecular weight is 350 g/mol. The van der Waals surface area contributed by atoms with Crippen LogP contribution < -0.4 is 0 Å². The molecule has 2 unspecified atom stereocenters. The maximum Gasteiger partial charge on any atom is 0.155 e. The van der Waals surface area contributed by atoms with Crippen molar-refractivity contribution < 1.29 is 4.79 Å². The van der Waals surface area contributed by atoms with Crippen molar-refractivity contribution >= 4 is 5.78 Å². The van der Waals surface area contributed by atoms with E-state index in [2.05, 4.69) is 9.97 Å². The Morgan fingerprint density at radius 2 is 1.12 bits per heavy atom. The molecule has 2 atom stereocenters. The first-order valence-corrected chi connectivity index (χ1v) is 8.52. The number of hydrogen-bond acceptors (Lipinski definition) is 5. The Labute approximate surface area is 155 Å². The van der Waals surface area contributed by atoms with Crippen molar-refractivity contribution in [2.75, 3.05) is 28.2 Å². The number of pyridine rings is 2. The number of ketones is 1. The second-order valence-corrected chi connectivity index (χ2v) is 6.53. The van der Waals surface area contributed by atoms with E-state index in [1.54, 1.807) is 24.8 Å². The molecule has 136 valence electrons. The number of allylic oxidation sites excluding steroid dienone is 2. The SMILES string of the molecule is CN(C)C=CC(C(=O)C(C=CN(C)C)c1ccncc1)c1ccncc1. The summed E-state index contributed by atoms with van der Waals surface area (Å²) in [7, 11) is 7.77. The fraction of sp³-hybridized carbons (Fsp3) is 0.286. The normalized spacial score (nSPS) is 13.7. The molecule has 26 heavy (non-hydrogen) atoms. The molecule has 0 spiro atoms. The molecule has 5 nitrogen and oxygen atoms in total. The Morgan fingerprint density at radius 1 is 0.769 bits per heavy atom. The van der Waals surface area contributed by atoms with Crippen molar-refractivity contribution in [1.29, 1.82) is 0 Å². The highest BCUT2D eigenvalue weighted by Crippen LogP contribution is 2.28. The van der Waals surface area contributed by atoms with Gasteiger partial charge in [0.25, 0.3) is 0 Å². The first kappa shape index (κ1) is 19.4. The molecule has 0 aliphatic heterocycles. The highest BCUT2D eigenvalue weighted by Gasteiger charge is 2.26. The van der Waals surface area contributed by atoms with Crippen LogP contribution >= 0.6 is 0 Å². The van der Waals surface area contributed by atoms with Gasteiger partial charge in [-0.3, -0.25) is 14.8 Å². The summed E-state index contributed by atoms with van der Waals surface area (Å²) in [6.45, 7) is 0. The fourth-order valence-corrected chi connectivity index (χ4v) is 2.59. The zero-order valence-electron chi connectivity index (χ0n) is 15.8. The lowest BCUT2D eigenvalue weighted by Crippen LogP contribution is -2.20. The summed E-state index contributed by atoms with van der Waals surface area (Å²) in [6.07, 6.45) is 14.6. The molecule has 0 aliphatic rings. The van der Waals surface area contributed by atoms with Crippen molar-refractivity contribution in [3.8, 4) is 0 Å². The lowest BCUT2D eigenvalue weighted by atomic mass is 9.84. The van der Waals surface area contributed by atoms with Crippen molar-refractivity contribution in [1.82, 2.24) is 19.8 Å². The number of carbonyl (C=O) groups is 1. The Bertz CT molecular complexity index is 676. The molecule has 2 rings (SSSR count). The largest absolute Gasteiger partial charge is 0.384 e. The van der Waals surface area contributed by atoms with E-state index in [9.17, 15) is 4.79 Å². The van der Waals surface area contributed by atoms with Gasteiger partial charge in [-0.1, -0.05) is 12.2 Å². The smallest absolute Gasteiger partial charge is 0.155 e. The summed E-state index contributed by atoms with van der Waals surface area (Å²) in [5.74, 6) is -0.602. The molecule has 0 fully saturated rings. The van der Waals surface area contributed by atoms with Crippen LogP contribution in [0, 0.1) is 0 Å². The highest BCUT2D eigenvalue weighted by molar-refractivity contribution is 5.94. The van der Waals surface area contributed by atoms with Gasteiger partial charge in [0.05, 0.1) is 11.8 Å². The van der Waals surface area contributed by atoms with Crippen LogP contribution in [0.5, 0.6) is 0 Å². The van der Waals surface area contributed by atoms with E-state index in [4.69, 9.17) is 0 Å². The Morgan fingerprint density at radius 3 is 1.42 bits per heavy atom. The summed E-state index contributed by atoms with van der Waals surface area (Å²) < 4.78 is 0. The third kappa shape index (κ3) is 5.55. The standard InChI is InChI=1S/C21H26N4O/c1-24(2)15-9-19(17-5-11-22-12-6-17)21(26)20(10-16-25(3)4)18-7-13-23-14-8-18/h5-16,19-20H,1-4H3. The van der Waals surface area contributed by atoms with Crippen LogP contribution in [-0.4, -0.2) is 53.7 Å². The number of nitrogens with zero attached hydrogens (tertiary/aromatic N) is 4. The summed E-state index contributed by atoms with van der Waals surface area (Å²) in [5.41, 5.74) is 1.86. The monoisotopic (exact) mass is 350 g/mol. The number of rotatable bonds is 8. The lowest BCUT2D eigenvalue weighted by molar-refractivity contribution is -0.120. The van der Waals surface area contributed by atoms with Crippen LogP contribution in [0.25, 0.3) is 0 Å². The van der Waals surface area contributed by atoms with Crippen LogP contribution in [0.4, 0.5) is 0 Å². The van der Waals surface area contributed by atoms with E-state index in [1.807, 2.05) is 86.8 Å². The molecule has 0 saturated heterocycles. The van der Waals surface area contributed by atoms with E-state index in [1.165, 1.54) is 0 Å². The zero-order chi connectivity index (χ0) is 18.9. The minimum atomic E-state index is -0.356. The quantitative estimate of drug-likeness (QED) is 0.732. The molecule has 2 heterocycles. The van der Waals surface area contributed by atoms with E-state index in [0.717, 1.165) is 11.1 Å². The predicted octanol–water partition coefficient (Wildman–Crippen LogP) is 3.06. The maximum atomic E-state index is 13.5. The Hall–Kier alpha value is -2.95. The van der Waals surface area contributed by atoms with Gasteiger partial charge in [0.1, 0.15) is 0 Å². The minimum absolute atomic E-state index is 0.110. The molecule has 0 bridgehead atoms. The van der Waals surface area contributed by atoms with Crippen molar-refractivity contribution in [3.05, 3.63) is 84.7 Å². The summed E-state index contributed by atoms with van der Waals surface area (Å²) in [4.78, 5) is 25.5. The Balaban J connectivity index is 2.44. The minimum Gasteiger partial charge on any atom is -0.384 e. The summed E-state index contributed by atoms with van der Waals surface area (Å²) in [5, 5.41) is 0. The van der Waals surface area contributed by atoms with Gasteiger partial charge in [-0.2, -0.15) is 0 Å². The van der Waals surface area contributed by atoms with Crippen LogP contribution in [0.15, 0.2) is 73.6 Å². The molecule has 0 aromatic carbocycles. The van der Waals surface area contributed by atoms with E-state index in [-0.39, 0.29) is 17.6 Å². The van der Waals surface area contributed by atoms with Crippen molar-refractivity contribution in [2.45, 2.75) is 11.8 Å². The molecule has 0 aliphatic carbocycles. The first-order valence-electron chi connectivity index (χ1n) is 8.52. The van der Waals surface area contributed by atoms with E-state index < -0.39 is 0 Å². The molecular formula is C21H26N4O. The Kier molecular flexibility index (Phi) is 7.09. The second kappa shape index (κ2) is 9.51. The maximum absolute atomic E-state index is 13.5. The van der Waals surface area contributed by atoms with Crippen molar-refractivity contribution in [2.24, 2.45) is 0 Å². The van der Waals surface area contributed by atoms with E-state index >= 15 is 0 Å². The third-order valence-electron chi connectivity index (χ3n) is 3.90. The van der Waals surface area contributed by atoms with Gasteiger partial charge < -0.3 is 9.80 Å². The number of aromatic nitrogens is 2. The molecule has 0 saturated carbocycles. The van der Waals surface area contributed by atoms with Crippen LogP contribution in [0.2, 0.25) is 0 Å². The number of hydrogen-bond donors (Lipinski definition) is 0. The topological polar surface area (TPSA) is 49.3 Å². The van der Waals surface area contributed by atoms with Crippen LogP contribution in [0.1, 0.15) is 23.0 Å².